The molecule has 0 aromatic carbocycles. The predicted molar refractivity (Wildman–Crippen MR) is 88.6 cm³/mol. The van der Waals surface area contributed by atoms with Crippen LogP contribution >= 0.6 is 0 Å². The normalized spacial score (nSPS) is 22.4. The van der Waals surface area contributed by atoms with Gasteiger partial charge >= 0.3 is 12.1 Å². The average molecular weight is 389 g/mol. The van der Waals surface area contributed by atoms with Gasteiger partial charge in [0.25, 0.3) is 0 Å². The molecule has 0 bridgehead atoms. The molecule has 2 atom stereocenters. The lowest BCUT2D eigenvalue weighted by atomic mass is 10.0. The number of carbonyl (C=O) groups is 2. The molecule has 0 saturated carbocycles. The monoisotopic (exact) mass is 389 g/mol. The zero-order valence-electron chi connectivity index (χ0n) is 14.9. The maximum Gasteiger partial charge on any atom is 0.490 e. The fraction of sp³-hybridized carbons (Fsp3) is 0.588. The summed E-state index contributed by atoms with van der Waals surface area (Å²) in [5.41, 5.74) is 1.22. The number of methoxy groups -OCH3 is 1. The zero-order valence-corrected chi connectivity index (χ0v) is 14.9. The Kier molecular flexibility index (Phi) is 7.14. The van der Waals surface area contributed by atoms with Crippen molar-refractivity contribution in [3.63, 3.8) is 0 Å². The standard InChI is InChI=1S/C15H21N3O2.C2HF3O2/c1-20-6-5-18-10-13-9-17(11-14(13)15(18)19)8-12-3-2-4-16-7-12;3-2(4,5)1(6)7/h2-4,7,13-14H,5-6,8-11H2,1H3;(H,6,7)/t13-,14-;/m0./s1. The summed E-state index contributed by atoms with van der Waals surface area (Å²) in [4.78, 5) is 29.7. The molecule has 2 aliphatic rings. The zero-order chi connectivity index (χ0) is 20.0. The Bertz CT molecular complexity index is 642. The van der Waals surface area contributed by atoms with E-state index in [-0.39, 0.29) is 5.92 Å². The molecule has 2 saturated heterocycles. The molecule has 150 valence electrons. The molecule has 1 aromatic rings. The highest BCUT2D eigenvalue weighted by Crippen LogP contribution is 2.32. The van der Waals surface area contributed by atoms with Gasteiger partial charge in [0.15, 0.2) is 0 Å². The van der Waals surface area contributed by atoms with Crippen molar-refractivity contribution in [2.75, 3.05) is 39.9 Å². The number of aromatic nitrogens is 1. The van der Waals surface area contributed by atoms with E-state index in [1.807, 2.05) is 17.2 Å². The summed E-state index contributed by atoms with van der Waals surface area (Å²) in [7, 11) is 1.68. The van der Waals surface area contributed by atoms with Crippen LogP contribution in [-0.4, -0.2) is 77.8 Å². The fourth-order valence-corrected chi connectivity index (χ4v) is 3.31. The highest BCUT2D eigenvalue weighted by molar-refractivity contribution is 5.82. The second-order valence-electron chi connectivity index (χ2n) is 6.50. The molecule has 1 N–H and O–H groups in total. The number of amides is 1. The van der Waals surface area contributed by atoms with Crippen LogP contribution in [0.15, 0.2) is 24.5 Å². The number of nitrogens with zero attached hydrogens (tertiary/aromatic N) is 3. The van der Waals surface area contributed by atoms with Gasteiger partial charge in [-0.2, -0.15) is 13.2 Å². The summed E-state index contributed by atoms with van der Waals surface area (Å²) in [6.45, 7) is 5.02. The lowest BCUT2D eigenvalue weighted by molar-refractivity contribution is -0.192. The van der Waals surface area contributed by atoms with Crippen molar-refractivity contribution in [1.82, 2.24) is 14.8 Å². The Morgan fingerprint density at radius 3 is 2.59 bits per heavy atom. The second-order valence-corrected chi connectivity index (χ2v) is 6.50. The highest BCUT2D eigenvalue weighted by atomic mass is 19.4. The number of pyridine rings is 1. The van der Waals surface area contributed by atoms with Crippen LogP contribution in [0.4, 0.5) is 13.2 Å². The minimum atomic E-state index is -5.08. The Morgan fingerprint density at radius 2 is 2.07 bits per heavy atom. The molecule has 0 spiro atoms. The third-order valence-corrected chi connectivity index (χ3v) is 4.54. The lowest BCUT2D eigenvalue weighted by Crippen LogP contribution is -2.34. The number of hydrogen-bond donors (Lipinski definition) is 1. The number of halogens is 3. The molecule has 2 fully saturated rings. The maximum absolute atomic E-state index is 12.3. The van der Waals surface area contributed by atoms with Gasteiger partial charge in [-0.1, -0.05) is 6.07 Å². The Labute approximate surface area is 154 Å². The molecule has 0 aliphatic carbocycles. The Morgan fingerprint density at radius 1 is 1.37 bits per heavy atom. The van der Waals surface area contributed by atoms with E-state index in [9.17, 15) is 18.0 Å². The topological polar surface area (TPSA) is 83.0 Å². The van der Waals surface area contributed by atoms with E-state index >= 15 is 0 Å². The first-order valence-electron chi connectivity index (χ1n) is 8.41. The quantitative estimate of drug-likeness (QED) is 0.816. The second kappa shape index (κ2) is 9.14. The first-order chi connectivity index (χ1) is 12.7. The molecule has 0 radical (unpaired) electrons. The number of likely N-dealkylation sites (tertiary alicyclic amines) is 2. The van der Waals surface area contributed by atoms with Crippen molar-refractivity contribution in [2.45, 2.75) is 12.7 Å². The van der Waals surface area contributed by atoms with Crippen LogP contribution in [0.2, 0.25) is 0 Å². The van der Waals surface area contributed by atoms with Gasteiger partial charge in [0.2, 0.25) is 5.91 Å². The van der Waals surface area contributed by atoms with E-state index < -0.39 is 12.1 Å². The van der Waals surface area contributed by atoms with Crippen molar-refractivity contribution in [3.8, 4) is 0 Å². The van der Waals surface area contributed by atoms with E-state index in [0.717, 1.165) is 32.7 Å². The van der Waals surface area contributed by atoms with Crippen LogP contribution in [0.25, 0.3) is 0 Å². The minimum Gasteiger partial charge on any atom is -0.475 e. The van der Waals surface area contributed by atoms with Gasteiger partial charge in [-0.25, -0.2) is 4.79 Å². The van der Waals surface area contributed by atoms with Crippen molar-refractivity contribution >= 4 is 11.9 Å². The summed E-state index contributed by atoms with van der Waals surface area (Å²) < 4.78 is 36.8. The molecule has 1 amide bonds. The number of carbonyl (C=O) groups excluding carboxylic acids is 1. The summed E-state index contributed by atoms with van der Waals surface area (Å²) in [6, 6.07) is 4.05. The summed E-state index contributed by atoms with van der Waals surface area (Å²) in [5, 5.41) is 7.12. The number of rotatable bonds is 5. The molecule has 0 unspecified atom stereocenters. The molecule has 2 aliphatic heterocycles. The van der Waals surface area contributed by atoms with Crippen LogP contribution in [0.1, 0.15) is 5.56 Å². The van der Waals surface area contributed by atoms with Gasteiger partial charge in [-0.05, 0) is 11.6 Å². The average Bonchev–Trinajstić information content (AvgIpc) is 3.12. The van der Waals surface area contributed by atoms with E-state index in [0.29, 0.717) is 18.4 Å². The maximum atomic E-state index is 12.3. The van der Waals surface area contributed by atoms with Crippen LogP contribution in [-0.2, 0) is 20.9 Å². The van der Waals surface area contributed by atoms with Crippen molar-refractivity contribution < 1.29 is 32.6 Å². The van der Waals surface area contributed by atoms with Crippen molar-refractivity contribution in [1.29, 1.82) is 0 Å². The number of carboxylic acids is 1. The van der Waals surface area contributed by atoms with Crippen LogP contribution < -0.4 is 0 Å². The number of carboxylic acid groups (broad SMARTS) is 1. The third kappa shape index (κ3) is 5.90. The van der Waals surface area contributed by atoms with Gasteiger partial charge in [0.1, 0.15) is 0 Å². The van der Waals surface area contributed by atoms with E-state index in [1.54, 1.807) is 13.3 Å². The van der Waals surface area contributed by atoms with Crippen LogP contribution in [0, 0.1) is 11.8 Å². The summed E-state index contributed by atoms with van der Waals surface area (Å²) in [5.74, 6) is -1.78. The Balaban J connectivity index is 0.000000321. The van der Waals surface area contributed by atoms with Gasteiger partial charge in [0, 0.05) is 58.1 Å². The van der Waals surface area contributed by atoms with Crippen LogP contribution in [0.5, 0.6) is 0 Å². The molecule has 1 aromatic heterocycles. The molecule has 27 heavy (non-hydrogen) atoms. The highest BCUT2D eigenvalue weighted by Gasteiger charge is 2.45. The van der Waals surface area contributed by atoms with Gasteiger partial charge in [-0.15, -0.1) is 0 Å². The SMILES string of the molecule is COCCN1C[C@@H]2CN(Cc3cccnc3)C[C@@H]2C1=O.O=C(O)C(F)(F)F. The summed E-state index contributed by atoms with van der Waals surface area (Å²) >= 11 is 0. The molecular formula is C17H22F3N3O4. The van der Waals surface area contributed by atoms with Crippen LogP contribution in [0.3, 0.4) is 0 Å². The van der Waals surface area contributed by atoms with Gasteiger partial charge in [0.05, 0.1) is 12.5 Å². The van der Waals surface area contributed by atoms with Gasteiger partial charge < -0.3 is 14.7 Å². The molecular weight excluding hydrogens is 367 g/mol. The molecule has 10 heteroatoms. The molecule has 7 nitrogen and oxygen atoms in total. The smallest absolute Gasteiger partial charge is 0.475 e. The first-order valence-corrected chi connectivity index (χ1v) is 8.41. The van der Waals surface area contributed by atoms with E-state index in [2.05, 4.69) is 16.0 Å². The first kappa shape index (κ1) is 21.1. The number of alkyl halides is 3. The van der Waals surface area contributed by atoms with Crippen molar-refractivity contribution in [2.24, 2.45) is 11.8 Å². The minimum absolute atomic E-state index is 0.184. The largest absolute Gasteiger partial charge is 0.490 e. The number of ether oxygens (including phenoxy) is 1. The van der Waals surface area contributed by atoms with Gasteiger partial charge in [-0.3, -0.25) is 14.7 Å². The number of aliphatic carboxylic acids is 1. The predicted octanol–water partition coefficient (Wildman–Crippen LogP) is 1.25. The summed E-state index contributed by atoms with van der Waals surface area (Å²) in [6.07, 6.45) is -1.39. The number of hydrogen-bond acceptors (Lipinski definition) is 5. The fourth-order valence-electron chi connectivity index (χ4n) is 3.31. The molecule has 3 heterocycles. The van der Waals surface area contributed by atoms with Crippen molar-refractivity contribution in [3.05, 3.63) is 30.1 Å². The Hall–Kier alpha value is -2.20. The number of fused-ring (bicyclic) bond motifs is 1. The molecule has 3 rings (SSSR count). The lowest BCUT2D eigenvalue weighted by Gasteiger charge is -2.21. The van der Waals surface area contributed by atoms with E-state index in [1.165, 1.54) is 5.56 Å². The van der Waals surface area contributed by atoms with E-state index in [4.69, 9.17) is 14.6 Å². The third-order valence-electron chi connectivity index (χ3n) is 4.54.